The van der Waals surface area contributed by atoms with Crippen LogP contribution in [0.15, 0.2) is 23.2 Å². The van der Waals surface area contributed by atoms with E-state index in [4.69, 9.17) is 4.43 Å². The van der Waals surface area contributed by atoms with Crippen LogP contribution in [-0.4, -0.2) is 24.5 Å². The molecule has 0 heterocycles. The molecule has 4 heteroatoms. The largest absolute Gasteiger partial charge is 0.551 e. The first-order chi connectivity index (χ1) is 7.31. The predicted molar refractivity (Wildman–Crippen MR) is 88.3 cm³/mol. The van der Waals surface area contributed by atoms with Crippen molar-refractivity contribution in [3.63, 3.8) is 0 Å². The molecular formula is C13H30OSi3. The smallest absolute Gasteiger partial charge is 0.241 e. The molecule has 1 nitrogen and oxygen atoms in total. The second kappa shape index (κ2) is 5.71. The lowest BCUT2D eigenvalue weighted by molar-refractivity contribution is 0.452. The lowest BCUT2D eigenvalue weighted by Crippen LogP contribution is -2.34. The van der Waals surface area contributed by atoms with Crippen LogP contribution in [0.25, 0.3) is 0 Å². The van der Waals surface area contributed by atoms with Gasteiger partial charge in [-0.3, -0.25) is 0 Å². The molecule has 0 radical (unpaired) electrons. The van der Waals surface area contributed by atoms with Crippen molar-refractivity contribution in [1.82, 2.24) is 0 Å². The molecule has 0 aliphatic rings. The van der Waals surface area contributed by atoms with Gasteiger partial charge in [-0.15, -0.1) is 0 Å². The Morgan fingerprint density at radius 2 is 1.29 bits per heavy atom. The second-order valence-corrected chi connectivity index (χ2v) is 22.2. The third-order valence-corrected chi connectivity index (χ3v) is 5.98. The molecule has 0 spiro atoms. The van der Waals surface area contributed by atoms with Crippen LogP contribution in [0.2, 0.25) is 58.9 Å². The molecule has 0 saturated heterocycles. The SMILES string of the molecule is C[Si](C)(C)/C=C/C=C(/O[Si](C)(C)C)[Si](C)(C)C. The van der Waals surface area contributed by atoms with Gasteiger partial charge in [-0.2, -0.15) is 0 Å². The van der Waals surface area contributed by atoms with E-state index in [1.165, 1.54) is 5.38 Å². The summed E-state index contributed by atoms with van der Waals surface area (Å²) in [5.74, 6) is 0. The molecule has 0 aliphatic heterocycles. The van der Waals surface area contributed by atoms with Crippen molar-refractivity contribution in [2.75, 3.05) is 0 Å². The fraction of sp³-hybridized carbons (Fsp3) is 0.692. The molecule has 0 aromatic rings. The van der Waals surface area contributed by atoms with Gasteiger partial charge >= 0.3 is 0 Å². The first kappa shape index (κ1) is 16.9. The number of rotatable bonds is 5. The van der Waals surface area contributed by atoms with Crippen molar-refractivity contribution in [1.29, 1.82) is 0 Å². The molecule has 0 bridgehead atoms. The van der Waals surface area contributed by atoms with Crippen LogP contribution in [0.1, 0.15) is 0 Å². The highest BCUT2D eigenvalue weighted by Gasteiger charge is 2.26. The Morgan fingerprint density at radius 3 is 1.59 bits per heavy atom. The summed E-state index contributed by atoms with van der Waals surface area (Å²) in [5.41, 5.74) is 2.38. The lowest BCUT2D eigenvalue weighted by atomic mass is 10.6. The molecule has 0 atom stereocenters. The molecule has 0 unspecified atom stereocenters. The van der Waals surface area contributed by atoms with E-state index in [1.54, 1.807) is 0 Å². The van der Waals surface area contributed by atoms with Gasteiger partial charge in [0.15, 0.2) is 0 Å². The highest BCUT2D eigenvalue weighted by Crippen LogP contribution is 2.21. The molecule has 17 heavy (non-hydrogen) atoms. The van der Waals surface area contributed by atoms with Crippen LogP contribution < -0.4 is 0 Å². The minimum atomic E-state index is -1.48. The maximum atomic E-state index is 6.24. The van der Waals surface area contributed by atoms with Gasteiger partial charge in [0, 0.05) is 0 Å². The van der Waals surface area contributed by atoms with E-state index in [0.717, 1.165) is 0 Å². The summed E-state index contributed by atoms with van der Waals surface area (Å²) in [6.07, 6.45) is 4.45. The van der Waals surface area contributed by atoms with Crippen LogP contribution in [0.4, 0.5) is 0 Å². The van der Waals surface area contributed by atoms with Crippen molar-refractivity contribution in [3.8, 4) is 0 Å². The monoisotopic (exact) mass is 286 g/mol. The van der Waals surface area contributed by atoms with Gasteiger partial charge in [-0.1, -0.05) is 51.1 Å². The van der Waals surface area contributed by atoms with E-state index in [-0.39, 0.29) is 0 Å². The summed E-state index contributed by atoms with van der Waals surface area (Å²) in [7, 11) is -3.93. The van der Waals surface area contributed by atoms with E-state index < -0.39 is 24.5 Å². The van der Waals surface area contributed by atoms with Gasteiger partial charge < -0.3 is 4.43 Å². The molecule has 0 fully saturated rings. The molecular weight excluding hydrogens is 256 g/mol. The van der Waals surface area contributed by atoms with Gasteiger partial charge in [-0.05, 0) is 25.7 Å². The topological polar surface area (TPSA) is 9.23 Å². The van der Waals surface area contributed by atoms with Crippen LogP contribution in [0, 0.1) is 0 Å². The summed E-state index contributed by atoms with van der Waals surface area (Å²) < 4.78 is 6.24. The molecule has 0 saturated carbocycles. The molecule has 0 aromatic carbocycles. The zero-order valence-corrected chi connectivity index (χ0v) is 16.1. The zero-order valence-electron chi connectivity index (χ0n) is 13.1. The highest BCUT2D eigenvalue weighted by atomic mass is 28.4. The highest BCUT2D eigenvalue weighted by molar-refractivity contribution is 6.84. The summed E-state index contributed by atoms with van der Waals surface area (Å²) in [5, 5.41) is 1.26. The Morgan fingerprint density at radius 1 is 0.824 bits per heavy atom. The fourth-order valence-corrected chi connectivity index (χ4v) is 5.33. The minimum Gasteiger partial charge on any atom is -0.551 e. The third kappa shape index (κ3) is 9.62. The van der Waals surface area contributed by atoms with Crippen molar-refractivity contribution < 1.29 is 4.43 Å². The summed E-state index contributed by atoms with van der Waals surface area (Å²) in [4.78, 5) is 0. The van der Waals surface area contributed by atoms with Crippen molar-refractivity contribution in [2.45, 2.75) is 58.9 Å². The summed E-state index contributed by atoms with van der Waals surface area (Å²) >= 11 is 0. The van der Waals surface area contributed by atoms with Crippen molar-refractivity contribution in [2.24, 2.45) is 0 Å². The Labute approximate surface area is 111 Å². The van der Waals surface area contributed by atoms with Crippen LogP contribution in [0.3, 0.4) is 0 Å². The summed E-state index contributed by atoms with van der Waals surface area (Å²) in [6.45, 7) is 20.9. The van der Waals surface area contributed by atoms with Gasteiger partial charge in [0.05, 0.1) is 13.5 Å². The van der Waals surface area contributed by atoms with Crippen LogP contribution >= 0.6 is 0 Å². The van der Waals surface area contributed by atoms with Crippen molar-refractivity contribution >= 4 is 24.5 Å². The Kier molecular flexibility index (Phi) is 5.69. The maximum Gasteiger partial charge on any atom is 0.241 e. The molecule has 0 amide bonds. The lowest BCUT2D eigenvalue weighted by Gasteiger charge is -2.29. The van der Waals surface area contributed by atoms with E-state index in [2.05, 4.69) is 76.8 Å². The van der Waals surface area contributed by atoms with E-state index in [1.807, 2.05) is 0 Å². The maximum absolute atomic E-state index is 6.24. The third-order valence-electron chi connectivity index (χ3n) is 2.00. The van der Waals surface area contributed by atoms with Gasteiger partial charge in [0.1, 0.15) is 8.07 Å². The predicted octanol–water partition coefficient (Wildman–Crippen LogP) is 5.03. The molecule has 100 valence electrons. The average Bonchev–Trinajstić information content (AvgIpc) is 1.95. The number of hydrogen-bond acceptors (Lipinski definition) is 1. The molecule has 0 aromatic heterocycles. The molecule has 0 N–H and O–H groups in total. The fourth-order valence-electron chi connectivity index (χ4n) is 1.19. The normalized spacial score (nSPS) is 15.5. The molecule has 0 aliphatic carbocycles. The van der Waals surface area contributed by atoms with Gasteiger partial charge in [0.25, 0.3) is 0 Å². The van der Waals surface area contributed by atoms with Crippen LogP contribution in [-0.2, 0) is 4.43 Å². The first-order valence-electron chi connectivity index (χ1n) is 6.40. The second-order valence-electron chi connectivity index (χ2n) is 7.72. The Hall–Kier alpha value is -0.0694. The van der Waals surface area contributed by atoms with E-state index in [0.29, 0.717) is 0 Å². The Bertz CT molecular complexity index is 298. The van der Waals surface area contributed by atoms with Gasteiger partial charge in [-0.25, -0.2) is 0 Å². The zero-order chi connectivity index (χ0) is 13.9. The Balaban J connectivity index is 4.96. The van der Waals surface area contributed by atoms with Crippen molar-refractivity contribution in [3.05, 3.63) is 23.2 Å². The van der Waals surface area contributed by atoms with E-state index >= 15 is 0 Å². The summed E-state index contributed by atoms with van der Waals surface area (Å²) in [6, 6.07) is 0. The average molecular weight is 287 g/mol. The van der Waals surface area contributed by atoms with E-state index in [9.17, 15) is 0 Å². The first-order valence-corrected chi connectivity index (χ1v) is 16.9. The number of hydrogen-bond donors (Lipinski definition) is 0. The standard InChI is InChI=1S/C13H30OSi3/c1-15(2,3)12-10-11-13(16(4,5)6)14-17(7,8)9/h10-12H,1-9H3/b12-10+,13-11-. The number of allylic oxidation sites excluding steroid dienone is 2. The minimum absolute atomic E-state index is 1.10. The van der Waals surface area contributed by atoms with Crippen LogP contribution in [0.5, 0.6) is 0 Å². The molecule has 0 rings (SSSR count). The van der Waals surface area contributed by atoms with Gasteiger partial charge in [0.2, 0.25) is 8.32 Å². The quantitative estimate of drug-likeness (QED) is 0.391.